The Labute approximate surface area is 232 Å². The minimum atomic E-state index is -1.54. The summed E-state index contributed by atoms with van der Waals surface area (Å²) in [6.07, 6.45) is 0.551. The van der Waals surface area contributed by atoms with Crippen LogP contribution >= 0.6 is 11.6 Å². The average Bonchev–Trinajstić information content (AvgIpc) is 3.20. The van der Waals surface area contributed by atoms with Crippen LogP contribution in [0.2, 0.25) is 5.02 Å². The number of halogens is 1. The zero-order valence-corrected chi connectivity index (χ0v) is 22.3. The fourth-order valence-electron chi connectivity index (χ4n) is 4.93. The Balaban J connectivity index is 1.32. The minimum Gasteiger partial charge on any atom is -0.416 e. The van der Waals surface area contributed by atoms with Crippen molar-refractivity contribution in [3.05, 3.63) is 99.6 Å². The Morgan fingerprint density at radius 2 is 1.67 bits per heavy atom. The molecule has 0 bridgehead atoms. The molecule has 2 aliphatic heterocycles. The van der Waals surface area contributed by atoms with Crippen LogP contribution in [0.25, 0.3) is 0 Å². The number of hydrogen-bond acceptors (Lipinski definition) is 7. The number of benzene rings is 3. The van der Waals surface area contributed by atoms with Crippen LogP contribution in [0.4, 0.5) is 5.69 Å². The van der Waals surface area contributed by atoms with E-state index in [1.165, 1.54) is 0 Å². The van der Waals surface area contributed by atoms with Gasteiger partial charge in [0.1, 0.15) is 0 Å². The zero-order valence-electron chi connectivity index (χ0n) is 21.6. The molecule has 0 saturated carbocycles. The van der Waals surface area contributed by atoms with Crippen molar-refractivity contribution in [2.24, 2.45) is 0 Å². The average molecular weight is 548 g/mol. The van der Waals surface area contributed by atoms with Crippen LogP contribution in [-0.2, 0) is 37.8 Å². The first-order chi connectivity index (χ1) is 18.8. The summed E-state index contributed by atoms with van der Waals surface area (Å²) >= 11 is 6.61. The summed E-state index contributed by atoms with van der Waals surface area (Å²) in [6, 6.07) is 20.5. The number of hydrogen-bond donors (Lipinski definition) is 3. The predicted molar refractivity (Wildman–Crippen MR) is 147 cm³/mol. The standard InChI is InChI=1S/C30H30ClN3O5/c1-19(21-5-3-2-4-6-21)34-29(37)22-9-7-20(8-10-22)17-33-28-23-15-16-32-18-30(24(23)11-12-25(28)31)38-26(35)13-14-27(36)39-30/h2-12,19,32-33H,13-18H2,1H3,(H,34,37)/t19-/m0/s1. The van der Waals surface area contributed by atoms with Gasteiger partial charge in [0, 0.05) is 17.7 Å². The molecule has 0 aromatic heterocycles. The van der Waals surface area contributed by atoms with E-state index in [1.54, 1.807) is 24.3 Å². The number of fused-ring (bicyclic) bond motifs is 2. The molecule has 3 aromatic carbocycles. The SMILES string of the molecule is C[C@H](NC(=O)c1ccc(CNc2c(Cl)ccc3c2CCNCC32OC(=O)CCC(=O)O2)cc1)c1ccccc1. The molecule has 3 N–H and O–H groups in total. The van der Waals surface area contributed by atoms with E-state index in [4.69, 9.17) is 21.1 Å². The number of esters is 2. The Morgan fingerprint density at radius 3 is 2.36 bits per heavy atom. The summed E-state index contributed by atoms with van der Waals surface area (Å²) in [5.41, 5.74) is 4.66. The van der Waals surface area contributed by atoms with Gasteiger partial charge in [-0.1, -0.05) is 54.1 Å². The maximum Gasteiger partial charge on any atom is 0.309 e. The second-order valence-electron chi connectivity index (χ2n) is 9.73. The summed E-state index contributed by atoms with van der Waals surface area (Å²) < 4.78 is 11.4. The molecule has 1 amide bonds. The van der Waals surface area contributed by atoms with Gasteiger partial charge in [0.15, 0.2) is 0 Å². The van der Waals surface area contributed by atoms with Crippen molar-refractivity contribution in [3.8, 4) is 0 Å². The Morgan fingerprint density at radius 1 is 0.974 bits per heavy atom. The van der Waals surface area contributed by atoms with Gasteiger partial charge in [0.2, 0.25) is 0 Å². The summed E-state index contributed by atoms with van der Waals surface area (Å²) in [5.74, 6) is -2.65. The van der Waals surface area contributed by atoms with Crippen LogP contribution in [0.5, 0.6) is 0 Å². The topological polar surface area (TPSA) is 106 Å². The van der Waals surface area contributed by atoms with Crippen LogP contribution < -0.4 is 16.0 Å². The van der Waals surface area contributed by atoms with Gasteiger partial charge in [-0.25, -0.2) is 0 Å². The number of anilines is 1. The Hall–Kier alpha value is -3.88. The highest BCUT2D eigenvalue weighted by molar-refractivity contribution is 6.33. The van der Waals surface area contributed by atoms with E-state index in [0.717, 1.165) is 16.7 Å². The number of carbonyl (C=O) groups excluding carboxylic acids is 3. The van der Waals surface area contributed by atoms with Crippen LogP contribution in [0, 0.1) is 0 Å². The second kappa shape index (κ2) is 11.5. The summed E-state index contributed by atoms with van der Waals surface area (Å²) in [6.45, 7) is 3.14. The molecular formula is C30H30ClN3O5. The highest BCUT2D eigenvalue weighted by atomic mass is 35.5. The third-order valence-corrected chi connectivity index (χ3v) is 7.32. The molecule has 5 rings (SSSR count). The molecule has 3 aromatic rings. The Kier molecular flexibility index (Phi) is 7.86. The normalized spacial score (nSPS) is 17.2. The number of rotatable bonds is 6. The number of nitrogens with one attached hydrogen (secondary N) is 3. The third-order valence-electron chi connectivity index (χ3n) is 7.01. The van der Waals surface area contributed by atoms with Crippen LogP contribution in [0.1, 0.15) is 58.4 Å². The maximum absolute atomic E-state index is 12.8. The van der Waals surface area contributed by atoms with Crippen LogP contribution in [0.3, 0.4) is 0 Å². The van der Waals surface area contributed by atoms with E-state index in [-0.39, 0.29) is 31.3 Å². The smallest absolute Gasteiger partial charge is 0.309 e. The molecule has 1 spiro atoms. The number of amides is 1. The first kappa shape index (κ1) is 26.7. The molecule has 1 fully saturated rings. The minimum absolute atomic E-state index is 0.0200. The van der Waals surface area contributed by atoms with Gasteiger partial charge in [-0.3, -0.25) is 14.4 Å². The molecule has 0 radical (unpaired) electrons. The highest BCUT2D eigenvalue weighted by Crippen LogP contribution is 2.40. The first-order valence-corrected chi connectivity index (χ1v) is 13.4. The number of ether oxygens (including phenoxy) is 2. The van der Waals surface area contributed by atoms with Crippen molar-refractivity contribution in [1.29, 1.82) is 0 Å². The third kappa shape index (κ3) is 5.92. The molecule has 0 aliphatic carbocycles. The molecular weight excluding hydrogens is 518 g/mol. The van der Waals surface area contributed by atoms with E-state index in [9.17, 15) is 14.4 Å². The quantitative estimate of drug-likeness (QED) is 0.387. The molecule has 39 heavy (non-hydrogen) atoms. The molecule has 2 heterocycles. The second-order valence-corrected chi connectivity index (χ2v) is 10.1. The van der Waals surface area contributed by atoms with Crippen molar-refractivity contribution in [2.75, 3.05) is 18.4 Å². The van der Waals surface area contributed by atoms with Crippen molar-refractivity contribution in [3.63, 3.8) is 0 Å². The predicted octanol–water partition coefficient (Wildman–Crippen LogP) is 4.62. The van der Waals surface area contributed by atoms with E-state index in [2.05, 4.69) is 16.0 Å². The molecule has 202 valence electrons. The lowest BCUT2D eigenvalue weighted by atomic mass is 9.96. The summed E-state index contributed by atoms with van der Waals surface area (Å²) in [7, 11) is 0. The van der Waals surface area contributed by atoms with Gasteiger partial charge < -0.3 is 25.4 Å². The monoisotopic (exact) mass is 547 g/mol. The number of carbonyl (C=O) groups is 3. The van der Waals surface area contributed by atoms with E-state index in [0.29, 0.717) is 41.3 Å². The summed E-state index contributed by atoms with van der Waals surface area (Å²) in [5, 5.41) is 10.2. The molecule has 8 nitrogen and oxygen atoms in total. The van der Waals surface area contributed by atoms with Gasteiger partial charge in [-0.2, -0.15) is 0 Å². The fraction of sp³-hybridized carbons (Fsp3) is 0.300. The van der Waals surface area contributed by atoms with Crippen molar-refractivity contribution in [2.45, 2.75) is 44.6 Å². The van der Waals surface area contributed by atoms with E-state index >= 15 is 0 Å². The fourth-order valence-corrected chi connectivity index (χ4v) is 5.18. The van der Waals surface area contributed by atoms with Gasteiger partial charge in [-0.05, 0) is 60.8 Å². The molecule has 2 aliphatic rings. The van der Waals surface area contributed by atoms with Gasteiger partial charge in [-0.15, -0.1) is 0 Å². The van der Waals surface area contributed by atoms with Crippen LogP contribution in [0.15, 0.2) is 66.7 Å². The Bertz CT molecular complexity index is 1360. The molecule has 0 unspecified atom stereocenters. The van der Waals surface area contributed by atoms with Crippen LogP contribution in [-0.4, -0.2) is 30.9 Å². The lowest BCUT2D eigenvalue weighted by molar-refractivity contribution is -0.225. The molecule has 1 saturated heterocycles. The van der Waals surface area contributed by atoms with Gasteiger partial charge >= 0.3 is 11.9 Å². The summed E-state index contributed by atoms with van der Waals surface area (Å²) in [4.78, 5) is 37.4. The molecule has 1 atom stereocenters. The van der Waals surface area contributed by atoms with Gasteiger partial charge in [0.25, 0.3) is 11.7 Å². The maximum atomic E-state index is 12.8. The van der Waals surface area contributed by atoms with Crippen molar-refractivity contribution in [1.82, 2.24) is 10.6 Å². The zero-order chi connectivity index (χ0) is 27.4. The van der Waals surface area contributed by atoms with Crippen molar-refractivity contribution < 1.29 is 23.9 Å². The van der Waals surface area contributed by atoms with E-state index < -0.39 is 17.7 Å². The van der Waals surface area contributed by atoms with Gasteiger partial charge in [0.05, 0.1) is 36.1 Å². The lowest BCUT2D eigenvalue weighted by Gasteiger charge is -2.32. The molecule has 9 heteroatoms. The van der Waals surface area contributed by atoms with Crippen molar-refractivity contribution >= 4 is 35.1 Å². The highest BCUT2D eigenvalue weighted by Gasteiger charge is 2.46. The van der Waals surface area contributed by atoms with E-state index in [1.807, 2.05) is 49.4 Å². The largest absolute Gasteiger partial charge is 0.416 e. The first-order valence-electron chi connectivity index (χ1n) is 13.0. The lowest BCUT2D eigenvalue weighted by Crippen LogP contribution is -2.43.